The lowest BCUT2D eigenvalue weighted by atomic mass is 10.00. The first-order valence-corrected chi connectivity index (χ1v) is 7.40. The Morgan fingerprint density at radius 3 is 2.90 bits per heavy atom. The molecule has 0 aliphatic carbocycles. The van der Waals surface area contributed by atoms with Crippen LogP contribution in [0.1, 0.15) is 31.2 Å². The van der Waals surface area contributed by atoms with Crippen molar-refractivity contribution in [2.24, 2.45) is 0 Å². The molecule has 6 heteroatoms. The predicted octanol–water partition coefficient (Wildman–Crippen LogP) is 3.51. The van der Waals surface area contributed by atoms with Crippen LogP contribution in [-0.4, -0.2) is 34.6 Å². The van der Waals surface area contributed by atoms with E-state index in [1.165, 1.54) is 0 Å². The standard InChI is InChI=1S/C15H19ClN2O3/c1-10-5-6-12(16)13(8-10)17-15(21)18-7-3-2-4-11(18)9-14(19)20/h5-6,8,11H,2-4,7,9H2,1H3,(H,17,21)(H,19,20). The van der Waals surface area contributed by atoms with Crippen molar-refractivity contribution in [1.29, 1.82) is 0 Å². The zero-order chi connectivity index (χ0) is 15.4. The number of urea groups is 1. The molecule has 1 aliphatic rings. The molecule has 0 saturated carbocycles. The number of carboxylic acids is 1. The monoisotopic (exact) mass is 310 g/mol. The third-order valence-corrected chi connectivity index (χ3v) is 3.99. The van der Waals surface area contributed by atoms with Crippen molar-refractivity contribution in [2.45, 2.75) is 38.6 Å². The molecule has 1 fully saturated rings. The molecule has 0 radical (unpaired) electrons. The average molecular weight is 311 g/mol. The van der Waals surface area contributed by atoms with Gasteiger partial charge in [0.05, 0.1) is 17.1 Å². The van der Waals surface area contributed by atoms with Gasteiger partial charge in [0.1, 0.15) is 0 Å². The molecule has 0 aromatic heterocycles. The molecule has 1 saturated heterocycles. The fourth-order valence-corrected chi connectivity index (χ4v) is 2.77. The normalized spacial score (nSPS) is 18.4. The minimum atomic E-state index is -0.881. The molecule has 2 N–H and O–H groups in total. The fraction of sp³-hybridized carbons (Fsp3) is 0.467. The van der Waals surface area contributed by atoms with Crippen molar-refractivity contribution in [3.05, 3.63) is 28.8 Å². The molecule has 0 bridgehead atoms. The summed E-state index contributed by atoms with van der Waals surface area (Å²) >= 11 is 6.07. The minimum absolute atomic E-state index is 0.0189. The number of aryl methyl sites for hydroxylation is 1. The van der Waals surface area contributed by atoms with Gasteiger partial charge in [0.2, 0.25) is 0 Å². The summed E-state index contributed by atoms with van der Waals surface area (Å²) in [5.74, 6) is -0.881. The Morgan fingerprint density at radius 2 is 2.19 bits per heavy atom. The summed E-state index contributed by atoms with van der Waals surface area (Å²) in [6, 6.07) is 4.87. The lowest BCUT2D eigenvalue weighted by Crippen LogP contribution is -2.46. The lowest BCUT2D eigenvalue weighted by Gasteiger charge is -2.35. The van der Waals surface area contributed by atoms with Crippen molar-refractivity contribution in [3.8, 4) is 0 Å². The number of halogens is 1. The number of carbonyl (C=O) groups excluding carboxylic acids is 1. The molecule has 1 aromatic carbocycles. The van der Waals surface area contributed by atoms with E-state index in [9.17, 15) is 9.59 Å². The van der Waals surface area contributed by atoms with E-state index in [2.05, 4.69) is 5.32 Å². The summed E-state index contributed by atoms with van der Waals surface area (Å²) in [5, 5.41) is 12.2. The zero-order valence-electron chi connectivity index (χ0n) is 11.9. The number of likely N-dealkylation sites (tertiary alicyclic amines) is 1. The van der Waals surface area contributed by atoms with Gasteiger partial charge in [0.25, 0.3) is 0 Å². The second-order valence-corrected chi connectivity index (χ2v) is 5.76. The molecule has 0 spiro atoms. The van der Waals surface area contributed by atoms with Crippen LogP contribution in [0.25, 0.3) is 0 Å². The first kappa shape index (κ1) is 15.6. The number of hydrogen-bond acceptors (Lipinski definition) is 2. The Balaban J connectivity index is 2.10. The van der Waals surface area contributed by atoms with Gasteiger partial charge in [-0.25, -0.2) is 4.79 Å². The molecule has 21 heavy (non-hydrogen) atoms. The first-order valence-electron chi connectivity index (χ1n) is 7.03. The smallest absolute Gasteiger partial charge is 0.322 e. The van der Waals surface area contributed by atoms with Gasteiger partial charge in [-0.15, -0.1) is 0 Å². The van der Waals surface area contributed by atoms with Gasteiger partial charge in [-0.05, 0) is 43.9 Å². The number of carbonyl (C=O) groups is 2. The Hall–Kier alpha value is -1.75. The number of piperidine rings is 1. The highest BCUT2D eigenvalue weighted by Gasteiger charge is 2.28. The summed E-state index contributed by atoms with van der Waals surface area (Å²) in [5.41, 5.74) is 1.55. The molecular weight excluding hydrogens is 292 g/mol. The molecule has 1 heterocycles. The largest absolute Gasteiger partial charge is 0.481 e. The Kier molecular flexibility index (Phi) is 5.07. The van der Waals surface area contributed by atoms with E-state index in [1.807, 2.05) is 13.0 Å². The van der Waals surface area contributed by atoms with E-state index in [1.54, 1.807) is 17.0 Å². The highest BCUT2D eigenvalue weighted by molar-refractivity contribution is 6.33. The van der Waals surface area contributed by atoms with Crippen LogP contribution in [0.4, 0.5) is 10.5 Å². The third-order valence-electron chi connectivity index (χ3n) is 3.66. The van der Waals surface area contributed by atoms with Crippen LogP contribution in [0.15, 0.2) is 18.2 Å². The SMILES string of the molecule is Cc1ccc(Cl)c(NC(=O)N2CCCCC2CC(=O)O)c1. The highest BCUT2D eigenvalue weighted by atomic mass is 35.5. The molecular formula is C15H19ClN2O3. The van der Waals surface area contributed by atoms with Gasteiger partial charge in [-0.2, -0.15) is 0 Å². The number of anilines is 1. The highest BCUT2D eigenvalue weighted by Crippen LogP contribution is 2.25. The van der Waals surface area contributed by atoms with Crippen LogP contribution in [0.5, 0.6) is 0 Å². The van der Waals surface area contributed by atoms with Gasteiger partial charge in [-0.1, -0.05) is 17.7 Å². The number of aliphatic carboxylic acids is 1. The number of amides is 2. The Labute approximate surface area is 128 Å². The number of hydrogen-bond donors (Lipinski definition) is 2. The summed E-state index contributed by atoms with van der Waals surface area (Å²) in [4.78, 5) is 24.9. The Morgan fingerprint density at radius 1 is 1.43 bits per heavy atom. The molecule has 2 amide bonds. The molecule has 1 atom stereocenters. The summed E-state index contributed by atoms with van der Waals surface area (Å²) in [6.45, 7) is 2.49. The van der Waals surface area contributed by atoms with Crippen LogP contribution >= 0.6 is 11.6 Å². The van der Waals surface area contributed by atoms with E-state index in [0.29, 0.717) is 17.3 Å². The van der Waals surface area contributed by atoms with Gasteiger partial charge >= 0.3 is 12.0 Å². The quantitative estimate of drug-likeness (QED) is 0.897. The summed E-state index contributed by atoms with van der Waals surface area (Å²) in [7, 11) is 0. The summed E-state index contributed by atoms with van der Waals surface area (Å²) in [6.07, 6.45) is 2.55. The first-order chi connectivity index (χ1) is 9.97. The number of benzene rings is 1. The number of nitrogens with zero attached hydrogens (tertiary/aromatic N) is 1. The van der Waals surface area contributed by atoms with Crippen LogP contribution < -0.4 is 5.32 Å². The molecule has 5 nitrogen and oxygen atoms in total. The molecule has 114 valence electrons. The maximum atomic E-state index is 12.4. The van der Waals surface area contributed by atoms with Gasteiger partial charge in [0.15, 0.2) is 0 Å². The zero-order valence-corrected chi connectivity index (χ0v) is 12.7. The van der Waals surface area contributed by atoms with Crippen LogP contribution in [0.2, 0.25) is 5.02 Å². The minimum Gasteiger partial charge on any atom is -0.481 e. The second-order valence-electron chi connectivity index (χ2n) is 5.35. The van der Waals surface area contributed by atoms with E-state index < -0.39 is 5.97 Å². The van der Waals surface area contributed by atoms with E-state index in [0.717, 1.165) is 24.8 Å². The van der Waals surface area contributed by atoms with Crippen LogP contribution in [-0.2, 0) is 4.79 Å². The predicted molar refractivity (Wildman–Crippen MR) is 81.8 cm³/mol. The maximum absolute atomic E-state index is 12.4. The van der Waals surface area contributed by atoms with Crippen LogP contribution in [0, 0.1) is 6.92 Å². The van der Waals surface area contributed by atoms with Gasteiger partial charge < -0.3 is 15.3 Å². The van der Waals surface area contributed by atoms with Crippen molar-refractivity contribution in [3.63, 3.8) is 0 Å². The van der Waals surface area contributed by atoms with Gasteiger partial charge in [0, 0.05) is 12.6 Å². The van der Waals surface area contributed by atoms with Crippen molar-refractivity contribution >= 4 is 29.3 Å². The van der Waals surface area contributed by atoms with Crippen molar-refractivity contribution in [1.82, 2.24) is 4.90 Å². The van der Waals surface area contributed by atoms with Gasteiger partial charge in [-0.3, -0.25) is 4.79 Å². The maximum Gasteiger partial charge on any atom is 0.322 e. The topological polar surface area (TPSA) is 69.6 Å². The van der Waals surface area contributed by atoms with E-state index in [-0.39, 0.29) is 18.5 Å². The summed E-state index contributed by atoms with van der Waals surface area (Å²) < 4.78 is 0. The molecule has 2 rings (SSSR count). The second kappa shape index (κ2) is 6.80. The van der Waals surface area contributed by atoms with Crippen molar-refractivity contribution < 1.29 is 14.7 Å². The average Bonchev–Trinajstić information content (AvgIpc) is 2.42. The van der Waals surface area contributed by atoms with Crippen molar-refractivity contribution in [2.75, 3.05) is 11.9 Å². The van der Waals surface area contributed by atoms with E-state index in [4.69, 9.17) is 16.7 Å². The Bertz CT molecular complexity index is 548. The molecule has 1 aromatic rings. The van der Waals surface area contributed by atoms with E-state index >= 15 is 0 Å². The number of nitrogens with one attached hydrogen (secondary N) is 1. The fourth-order valence-electron chi connectivity index (χ4n) is 2.60. The molecule has 1 aliphatic heterocycles. The van der Waals surface area contributed by atoms with Crippen LogP contribution in [0.3, 0.4) is 0 Å². The number of carboxylic acid groups (broad SMARTS) is 1. The molecule has 1 unspecified atom stereocenters. The lowest BCUT2D eigenvalue weighted by molar-refractivity contribution is -0.138. The third kappa shape index (κ3) is 4.11. The number of rotatable bonds is 3.